The molecule has 3 heterocycles. The summed E-state index contributed by atoms with van der Waals surface area (Å²) in [5, 5.41) is 0. The fraction of sp³-hybridized carbons (Fsp3) is 0.357. The van der Waals surface area contributed by atoms with Gasteiger partial charge in [-0.2, -0.15) is 17.4 Å². The highest BCUT2D eigenvalue weighted by Crippen LogP contribution is 2.21. The van der Waals surface area contributed by atoms with Crippen LogP contribution < -0.4 is 4.72 Å². The molecule has 0 atom stereocenters. The molecule has 0 amide bonds. The van der Waals surface area contributed by atoms with Gasteiger partial charge in [-0.15, -0.1) is 0 Å². The lowest BCUT2D eigenvalue weighted by Crippen LogP contribution is -2.46. The molecule has 2 aromatic heterocycles. The number of nitrogens with zero attached hydrogens (tertiary/aromatic N) is 2. The smallest absolute Gasteiger partial charge is 0.279 e. The summed E-state index contributed by atoms with van der Waals surface area (Å²) < 4.78 is 39.1. The minimum Gasteiger partial charge on any atom is -0.463 e. The minimum atomic E-state index is -3.52. The van der Waals surface area contributed by atoms with Crippen molar-refractivity contribution in [2.75, 3.05) is 26.3 Å². The Morgan fingerprint density at radius 2 is 2.05 bits per heavy atom. The van der Waals surface area contributed by atoms with Gasteiger partial charge < -0.3 is 9.15 Å². The molecule has 1 aliphatic heterocycles. The molecule has 0 unspecified atom stereocenters. The zero-order valence-electron chi connectivity index (χ0n) is 11.9. The lowest BCUT2D eigenvalue weighted by atomic mass is 10.1. The molecule has 0 aromatic carbocycles. The molecular formula is C14H17N3O4S. The predicted octanol–water partition coefficient (Wildman–Crippen LogP) is 1.01. The maximum Gasteiger partial charge on any atom is 0.279 e. The maximum atomic E-state index is 12.3. The fourth-order valence-electron chi connectivity index (χ4n) is 2.26. The molecule has 2 aromatic rings. The van der Waals surface area contributed by atoms with Crippen LogP contribution in [0.3, 0.4) is 0 Å². The molecule has 1 aliphatic rings. The van der Waals surface area contributed by atoms with Crippen molar-refractivity contribution in [2.24, 2.45) is 0 Å². The average Bonchev–Trinajstić information content (AvgIpc) is 3.08. The Morgan fingerprint density at radius 1 is 1.23 bits per heavy atom. The van der Waals surface area contributed by atoms with Gasteiger partial charge in [-0.1, -0.05) is 6.07 Å². The van der Waals surface area contributed by atoms with Crippen molar-refractivity contribution in [1.29, 1.82) is 0 Å². The zero-order valence-corrected chi connectivity index (χ0v) is 12.8. The summed E-state index contributed by atoms with van der Waals surface area (Å²) in [5.41, 5.74) is 1.39. The van der Waals surface area contributed by atoms with Crippen LogP contribution in [0.5, 0.6) is 0 Å². The van der Waals surface area contributed by atoms with Gasteiger partial charge in [0.2, 0.25) is 0 Å². The summed E-state index contributed by atoms with van der Waals surface area (Å²) in [6.07, 6.45) is 3.21. The van der Waals surface area contributed by atoms with Crippen molar-refractivity contribution in [3.05, 3.63) is 42.3 Å². The third kappa shape index (κ3) is 3.36. The van der Waals surface area contributed by atoms with Crippen LogP contribution in [-0.4, -0.2) is 44.0 Å². The minimum absolute atomic E-state index is 0.156. The number of morpholine rings is 1. The molecule has 118 valence electrons. The molecule has 22 heavy (non-hydrogen) atoms. The first-order valence-corrected chi connectivity index (χ1v) is 8.41. The first kappa shape index (κ1) is 15.2. The van der Waals surface area contributed by atoms with Crippen molar-refractivity contribution >= 4 is 10.2 Å². The van der Waals surface area contributed by atoms with E-state index in [0.29, 0.717) is 37.8 Å². The largest absolute Gasteiger partial charge is 0.463 e. The highest BCUT2D eigenvalue weighted by Gasteiger charge is 2.24. The van der Waals surface area contributed by atoms with Gasteiger partial charge in [0, 0.05) is 25.8 Å². The third-order valence-corrected chi connectivity index (χ3v) is 4.95. The van der Waals surface area contributed by atoms with Gasteiger partial charge >= 0.3 is 0 Å². The van der Waals surface area contributed by atoms with Crippen molar-refractivity contribution in [3.8, 4) is 11.5 Å². The molecular weight excluding hydrogens is 306 g/mol. The van der Waals surface area contributed by atoms with Crippen LogP contribution in [-0.2, 0) is 21.5 Å². The Kier molecular flexibility index (Phi) is 4.53. The number of aromatic nitrogens is 1. The Morgan fingerprint density at radius 3 is 2.77 bits per heavy atom. The highest BCUT2D eigenvalue weighted by atomic mass is 32.2. The summed E-state index contributed by atoms with van der Waals surface area (Å²) >= 11 is 0. The fourth-order valence-corrected chi connectivity index (χ4v) is 3.41. The van der Waals surface area contributed by atoms with Crippen molar-refractivity contribution in [1.82, 2.24) is 14.0 Å². The van der Waals surface area contributed by atoms with E-state index < -0.39 is 10.2 Å². The number of hydrogen-bond acceptors (Lipinski definition) is 5. The van der Waals surface area contributed by atoms with E-state index in [-0.39, 0.29) is 6.54 Å². The van der Waals surface area contributed by atoms with Crippen molar-refractivity contribution in [2.45, 2.75) is 6.54 Å². The molecule has 1 fully saturated rings. The van der Waals surface area contributed by atoms with Gasteiger partial charge in [0.25, 0.3) is 10.2 Å². The molecule has 0 saturated carbocycles. The summed E-state index contributed by atoms with van der Waals surface area (Å²) in [6, 6.07) is 7.16. The quantitative estimate of drug-likeness (QED) is 0.887. The first-order chi connectivity index (χ1) is 10.7. The van der Waals surface area contributed by atoms with Crippen LogP contribution in [0.4, 0.5) is 0 Å². The molecule has 0 bridgehead atoms. The topological polar surface area (TPSA) is 84.7 Å². The monoisotopic (exact) mass is 323 g/mol. The lowest BCUT2D eigenvalue weighted by Gasteiger charge is -2.26. The van der Waals surface area contributed by atoms with E-state index in [4.69, 9.17) is 9.15 Å². The van der Waals surface area contributed by atoms with Crippen LogP contribution in [0.15, 0.2) is 41.1 Å². The Balaban J connectivity index is 1.74. The molecule has 0 radical (unpaired) electrons. The van der Waals surface area contributed by atoms with Gasteiger partial charge in [0.05, 0.1) is 19.5 Å². The number of ether oxygens (including phenoxy) is 1. The van der Waals surface area contributed by atoms with E-state index >= 15 is 0 Å². The van der Waals surface area contributed by atoms with Gasteiger partial charge in [0.15, 0.2) is 5.76 Å². The Hall–Kier alpha value is -1.74. The van der Waals surface area contributed by atoms with Crippen molar-refractivity contribution in [3.63, 3.8) is 0 Å². The van der Waals surface area contributed by atoms with E-state index in [1.54, 1.807) is 30.7 Å². The van der Waals surface area contributed by atoms with Crippen LogP contribution in [0, 0.1) is 0 Å². The molecule has 3 rings (SSSR count). The lowest BCUT2D eigenvalue weighted by molar-refractivity contribution is 0.0725. The maximum absolute atomic E-state index is 12.3. The normalized spacial score (nSPS) is 16.7. The predicted molar refractivity (Wildman–Crippen MR) is 80.1 cm³/mol. The molecule has 1 N–H and O–H groups in total. The summed E-state index contributed by atoms with van der Waals surface area (Å²) in [4.78, 5) is 4.27. The molecule has 7 nitrogen and oxygen atoms in total. The molecule has 0 spiro atoms. The SMILES string of the molecule is O=S(=O)(NCc1cccnc1-c1ccco1)N1CCOCC1. The summed E-state index contributed by atoms with van der Waals surface area (Å²) in [6.45, 7) is 1.74. The molecule has 8 heteroatoms. The zero-order chi connectivity index (χ0) is 15.4. The standard InChI is InChI=1S/C14H17N3O4S/c18-22(19,17-6-9-20-10-7-17)16-11-12-3-1-5-15-14(12)13-4-2-8-21-13/h1-5,8,16H,6-7,9-11H2. The summed E-state index contributed by atoms with van der Waals surface area (Å²) in [5.74, 6) is 0.612. The van der Waals surface area contributed by atoms with Gasteiger partial charge in [-0.3, -0.25) is 4.98 Å². The van der Waals surface area contributed by atoms with Gasteiger partial charge in [-0.25, -0.2) is 0 Å². The Bertz CT molecular complexity index is 709. The average molecular weight is 323 g/mol. The number of hydrogen-bond donors (Lipinski definition) is 1. The van der Waals surface area contributed by atoms with Gasteiger partial charge in [0.1, 0.15) is 5.69 Å². The van der Waals surface area contributed by atoms with Crippen molar-refractivity contribution < 1.29 is 17.6 Å². The highest BCUT2D eigenvalue weighted by molar-refractivity contribution is 7.87. The van der Waals surface area contributed by atoms with E-state index in [1.807, 2.05) is 6.07 Å². The van der Waals surface area contributed by atoms with Crippen LogP contribution in [0.2, 0.25) is 0 Å². The first-order valence-electron chi connectivity index (χ1n) is 6.97. The van der Waals surface area contributed by atoms with E-state index in [2.05, 4.69) is 9.71 Å². The number of furan rings is 1. The Labute approximate surface area is 129 Å². The van der Waals surface area contributed by atoms with Crippen LogP contribution in [0.25, 0.3) is 11.5 Å². The van der Waals surface area contributed by atoms with E-state index in [1.165, 1.54) is 4.31 Å². The number of rotatable bonds is 5. The number of pyridine rings is 1. The van der Waals surface area contributed by atoms with Crippen LogP contribution in [0.1, 0.15) is 5.56 Å². The second kappa shape index (κ2) is 6.57. The molecule has 0 aliphatic carbocycles. The van der Waals surface area contributed by atoms with E-state index in [0.717, 1.165) is 5.56 Å². The van der Waals surface area contributed by atoms with Gasteiger partial charge in [-0.05, 0) is 23.8 Å². The third-order valence-electron chi connectivity index (χ3n) is 3.40. The van der Waals surface area contributed by atoms with E-state index in [9.17, 15) is 8.42 Å². The number of nitrogens with one attached hydrogen (secondary N) is 1. The van der Waals surface area contributed by atoms with Crippen LogP contribution >= 0.6 is 0 Å². The second-order valence-electron chi connectivity index (χ2n) is 4.83. The summed E-state index contributed by atoms with van der Waals surface area (Å²) in [7, 11) is -3.52. The molecule has 1 saturated heterocycles. The second-order valence-corrected chi connectivity index (χ2v) is 6.58.